The SMILES string of the molecule is C=C1OB(c2ccc3c(c2)c2ccccc2c2nc4ccccc4n32)OC1(C)C. The number of benzene rings is 3. The molecule has 2 aromatic heterocycles. The Morgan fingerprint density at radius 2 is 1.66 bits per heavy atom. The molecule has 29 heavy (non-hydrogen) atoms. The first-order valence-electron chi connectivity index (χ1n) is 9.78. The molecule has 1 saturated heterocycles. The third kappa shape index (κ3) is 2.28. The number of imidazole rings is 1. The van der Waals surface area contributed by atoms with E-state index in [0.717, 1.165) is 38.4 Å². The lowest BCUT2D eigenvalue weighted by molar-refractivity contribution is 0.173. The molecule has 5 heteroatoms. The molecule has 0 spiro atoms. The van der Waals surface area contributed by atoms with Crippen LogP contribution in [0.1, 0.15) is 13.8 Å². The minimum Gasteiger partial charge on any atom is -0.534 e. The Balaban J connectivity index is 1.70. The van der Waals surface area contributed by atoms with Gasteiger partial charge in [-0.25, -0.2) is 4.98 Å². The maximum absolute atomic E-state index is 6.11. The highest BCUT2D eigenvalue weighted by Gasteiger charge is 2.42. The van der Waals surface area contributed by atoms with Crippen molar-refractivity contribution in [1.29, 1.82) is 0 Å². The van der Waals surface area contributed by atoms with Crippen LogP contribution < -0.4 is 5.46 Å². The molecule has 0 bridgehead atoms. The van der Waals surface area contributed by atoms with Gasteiger partial charge in [-0.1, -0.05) is 55.1 Å². The van der Waals surface area contributed by atoms with Crippen LogP contribution in [0.5, 0.6) is 0 Å². The molecule has 5 aromatic rings. The van der Waals surface area contributed by atoms with Crippen molar-refractivity contribution in [3.05, 3.63) is 79.1 Å². The zero-order valence-corrected chi connectivity index (χ0v) is 16.3. The Hall–Kier alpha value is -3.31. The first kappa shape index (κ1) is 16.6. The van der Waals surface area contributed by atoms with E-state index in [1.807, 2.05) is 19.9 Å². The lowest BCUT2D eigenvalue weighted by Gasteiger charge is -2.15. The minimum atomic E-state index is -0.494. The lowest BCUT2D eigenvalue weighted by atomic mass is 9.78. The molecule has 0 N–H and O–H groups in total. The second kappa shape index (κ2) is 5.61. The predicted octanol–water partition coefficient (Wildman–Crippen LogP) is 4.83. The van der Waals surface area contributed by atoms with Crippen molar-refractivity contribution in [2.75, 3.05) is 0 Å². The fraction of sp³-hybridized carbons (Fsp3) is 0.125. The summed E-state index contributed by atoms with van der Waals surface area (Å²) in [4.78, 5) is 4.92. The van der Waals surface area contributed by atoms with E-state index in [-0.39, 0.29) is 0 Å². The third-order valence-corrected chi connectivity index (χ3v) is 5.88. The Labute approximate surface area is 168 Å². The van der Waals surface area contributed by atoms with Gasteiger partial charge in [0.1, 0.15) is 11.2 Å². The van der Waals surface area contributed by atoms with Crippen molar-refractivity contribution in [1.82, 2.24) is 9.38 Å². The molecule has 0 amide bonds. The van der Waals surface area contributed by atoms with Crippen LogP contribution in [0.4, 0.5) is 0 Å². The summed E-state index contributed by atoms with van der Waals surface area (Å²) >= 11 is 0. The number of hydrogen-bond acceptors (Lipinski definition) is 3. The standard InChI is InChI=1S/C24H19BN2O2/c1-15-24(2,3)29-25(28-15)16-12-13-21-19(14-16)17-8-4-5-9-18(17)23-26-20-10-6-7-11-22(20)27(21)23/h4-14H,1H2,2-3H3. The van der Waals surface area contributed by atoms with Crippen LogP contribution in [-0.2, 0) is 9.31 Å². The van der Waals surface area contributed by atoms with Crippen molar-refractivity contribution in [3.63, 3.8) is 0 Å². The predicted molar refractivity (Wildman–Crippen MR) is 118 cm³/mol. The first-order chi connectivity index (χ1) is 14.0. The van der Waals surface area contributed by atoms with Gasteiger partial charge in [-0.2, -0.15) is 0 Å². The van der Waals surface area contributed by atoms with Gasteiger partial charge in [-0.05, 0) is 42.9 Å². The fourth-order valence-electron chi connectivity index (χ4n) is 4.24. The van der Waals surface area contributed by atoms with Crippen LogP contribution in [0.3, 0.4) is 0 Å². The summed E-state index contributed by atoms with van der Waals surface area (Å²) in [6.45, 7) is 7.96. The quantitative estimate of drug-likeness (QED) is 0.310. The number of para-hydroxylation sites is 2. The van der Waals surface area contributed by atoms with Crippen LogP contribution in [0.15, 0.2) is 79.1 Å². The monoisotopic (exact) mass is 378 g/mol. The van der Waals surface area contributed by atoms with E-state index in [1.54, 1.807) is 0 Å². The number of fused-ring (bicyclic) bond motifs is 8. The molecule has 140 valence electrons. The second-order valence-corrected chi connectivity index (χ2v) is 8.08. The Kier molecular flexibility index (Phi) is 3.22. The average molecular weight is 378 g/mol. The van der Waals surface area contributed by atoms with Gasteiger partial charge in [-0.15, -0.1) is 0 Å². The summed E-state index contributed by atoms with van der Waals surface area (Å²) in [6, 6.07) is 23.1. The van der Waals surface area contributed by atoms with Gasteiger partial charge < -0.3 is 9.31 Å². The molecule has 0 saturated carbocycles. The summed E-state index contributed by atoms with van der Waals surface area (Å²) in [7, 11) is -0.448. The van der Waals surface area contributed by atoms with Crippen molar-refractivity contribution >= 4 is 50.9 Å². The molecule has 1 aliphatic heterocycles. The van der Waals surface area contributed by atoms with Gasteiger partial charge in [0, 0.05) is 10.8 Å². The largest absolute Gasteiger partial charge is 0.563 e. The van der Waals surface area contributed by atoms with E-state index >= 15 is 0 Å². The Morgan fingerprint density at radius 1 is 0.897 bits per heavy atom. The number of aromatic nitrogens is 2. The molecule has 6 rings (SSSR count). The van der Waals surface area contributed by atoms with Gasteiger partial charge in [0.25, 0.3) is 0 Å². The van der Waals surface area contributed by atoms with Gasteiger partial charge in [0.15, 0.2) is 0 Å². The molecule has 4 nitrogen and oxygen atoms in total. The molecule has 0 unspecified atom stereocenters. The van der Waals surface area contributed by atoms with Gasteiger partial charge in [0.05, 0.1) is 22.3 Å². The Morgan fingerprint density at radius 3 is 2.45 bits per heavy atom. The maximum atomic E-state index is 6.11. The molecule has 0 radical (unpaired) electrons. The average Bonchev–Trinajstić information content (AvgIpc) is 3.25. The van der Waals surface area contributed by atoms with Crippen LogP contribution in [0.2, 0.25) is 0 Å². The molecule has 0 aliphatic carbocycles. The summed E-state index contributed by atoms with van der Waals surface area (Å²) in [5.74, 6) is 0.656. The van der Waals surface area contributed by atoms with E-state index in [4.69, 9.17) is 14.3 Å². The highest BCUT2D eigenvalue weighted by molar-refractivity contribution is 6.62. The van der Waals surface area contributed by atoms with Gasteiger partial charge >= 0.3 is 7.12 Å². The number of nitrogens with zero attached hydrogens (tertiary/aromatic N) is 2. The third-order valence-electron chi connectivity index (χ3n) is 5.88. The molecule has 0 atom stereocenters. The van der Waals surface area contributed by atoms with Crippen molar-refractivity contribution in [3.8, 4) is 0 Å². The summed E-state index contributed by atoms with van der Waals surface area (Å²) in [5.41, 5.74) is 4.69. The second-order valence-electron chi connectivity index (χ2n) is 8.08. The van der Waals surface area contributed by atoms with E-state index in [1.165, 1.54) is 5.39 Å². The number of rotatable bonds is 1. The maximum Gasteiger partial charge on any atom is 0.563 e. The highest BCUT2D eigenvalue weighted by Crippen LogP contribution is 2.33. The van der Waals surface area contributed by atoms with Crippen LogP contribution in [-0.4, -0.2) is 22.1 Å². The topological polar surface area (TPSA) is 35.8 Å². The molecular formula is C24H19BN2O2. The van der Waals surface area contributed by atoms with E-state index in [2.05, 4.69) is 71.6 Å². The zero-order chi connectivity index (χ0) is 19.8. The van der Waals surface area contributed by atoms with Gasteiger partial charge in [-0.3, -0.25) is 4.40 Å². The van der Waals surface area contributed by atoms with Crippen molar-refractivity contribution in [2.45, 2.75) is 19.4 Å². The van der Waals surface area contributed by atoms with Crippen LogP contribution in [0, 0.1) is 0 Å². The molecule has 3 aromatic carbocycles. The summed E-state index contributed by atoms with van der Waals surface area (Å²) in [5, 5.41) is 3.45. The summed E-state index contributed by atoms with van der Waals surface area (Å²) in [6.07, 6.45) is 0. The van der Waals surface area contributed by atoms with Crippen LogP contribution in [0.25, 0.3) is 38.4 Å². The highest BCUT2D eigenvalue weighted by atomic mass is 16.7. The molecular weight excluding hydrogens is 359 g/mol. The van der Waals surface area contributed by atoms with E-state index < -0.39 is 12.7 Å². The van der Waals surface area contributed by atoms with Gasteiger partial charge in [0.2, 0.25) is 0 Å². The van der Waals surface area contributed by atoms with Crippen LogP contribution >= 0.6 is 0 Å². The normalized spacial score (nSPS) is 16.3. The molecule has 1 fully saturated rings. The first-order valence-corrected chi connectivity index (χ1v) is 9.78. The smallest absolute Gasteiger partial charge is 0.534 e. The zero-order valence-electron chi connectivity index (χ0n) is 16.3. The van der Waals surface area contributed by atoms with E-state index in [0.29, 0.717) is 5.76 Å². The Bertz CT molecular complexity index is 1470. The lowest BCUT2D eigenvalue weighted by Crippen LogP contribution is -2.34. The summed E-state index contributed by atoms with van der Waals surface area (Å²) < 4.78 is 14.3. The molecule has 1 aliphatic rings. The minimum absolute atomic E-state index is 0.448. The fourth-order valence-corrected chi connectivity index (χ4v) is 4.24. The number of pyridine rings is 1. The van der Waals surface area contributed by atoms with E-state index in [9.17, 15) is 0 Å². The van der Waals surface area contributed by atoms with Crippen molar-refractivity contribution < 1.29 is 9.31 Å². The molecule has 3 heterocycles. The van der Waals surface area contributed by atoms with Crippen molar-refractivity contribution in [2.24, 2.45) is 0 Å². The number of hydrogen-bond donors (Lipinski definition) is 0.